The van der Waals surface area contributed by atoms with Gasteiger partial charge in [0.15, 0.2) is 11.5 Å². The summed E-state index contributed by atoms with van der Waals surface area (Å²) >= 11 is 0. The lowest BCUT2D eigenvalue weighted by atomic mass is 10.0. The number of phenolic OH excluding ortho intramolecular Hbond substituents is 1. The normalized spacial score (nSPS) is 12.4. The molecule has 0 radical (unpaired) electrons. The lowest BCUT2D eigenvalue weighted by Crippen LogP contribution is -2.11. The molecule has 0 aliphatic heterocycles. The largest absolute Gasteiger partial charge is 0.504 e. The van der Waals surface area contributed by atoms with Gasteiger partial charge in [-0.15, -0.1) is 0 Å². The van der Waals surface area contributed by atoms with E-state index in [4.69, 9.17) is 9.84 Å². The van der Waals surface area contributed by atoms with Crippen LogP contribution < -0.4 is 4.74 Å². The van der Waals surface area contributed by atoms with E-state index in [0.717, 1.165) is 5.56 Å². The first-order valence-corrected chi connectivity index (χ1v) is 5.32. The van der Waals surface area contributed by atoms with Crippen molar-refractivity contribution in [1.29, 1.82) is 0 Å². The Morgan fingerprint density at radius 1 is 1.38 bits per heavy atom. The molecule has 4 nitrogen and oxygen atoms in total. The number of aromatic hydroxyl groups is 1. The molecule has 0 aromatic heterocycles. The summed E-state index contributed by atoms with van der Waals surface area (Å²) < 4.78 is 4.98. The second-order valence-corrected chi connectivity index (χ2v) is 3.73. The summed E-state index contributed by atoms with van der Waals surface area (Å²) in [5.41, 5.74) is 0.903. The number of rotatable bonds is 6. The van der Waals surface area contributed by atoms with Crippen molar-refractivity contribution >= 4 is 0 Å². The van der Waals surface area contributed by atoms with Crippen molar-refractivity contribution in [3.63, 3.8) is 0 Å². The van der Waals surface area contributed by atoms with Crippen LogP contribution in [0, 0.1) is 0 Å². The van der Waals surface area contributed by atoms with Crippen LogP contribution in [-0.4, -0.2) is 35.1 Å². The van der Waals surface area contributed by atoms with Crippen LogP contribution in [0.15, 0.2) is 18.2 Å². The zero-order valence-electron chi connectivity index (χ0n) is 9.39. The summed E-state index contributed by atoms with van der Waals surface area (Å²) in [6, 6.07) is 5.00. The Bertz CT molecular complexity index is 325. The van der Waals surface area contributed by atoms with E-state index in [9.17, 15) is 10.2 Å². The van der Waals surface area contributed by atoms with Gasteiger partial charge in [-0.05, 0) is 37.0 Å². The van der Waals surface area contributed by atoms with Crippen LogP contribution in [0.1, 0.15) is 18.4 Å². The van der Waals surface area contributed by atoms with Crippen LogP contribution in [0.5, 0.6) is 11.5 Å². The van der Waals surface area contributed by atoms with Crippen molar-refractivity contribution in [1.82, 2.24) is 0 Å². The molecule has 1 aromatic carbocycles. The van der Waals surface area contributed by atoms with Gasteiger partial charge in [0.05, 0.1) is 13.2 Å². The lowest BCUT2D eigenvalue weighted by Gasteiger charge is -2.11. The molecule has 1 aromatic rings. The summed E-state index contributed by atoms with van der Waals surface area (Å²) in [5.74, 6) is 0.503. The van der Waals surface area contributed by atoms with E-state index in [0.29, 0.717) is 25.0 Å². The fourth-order valence-corrected chi connectivity index (χ4v) is 1.55. The Kier molecular flexibility index (Phi) is 5.08. The van der Waals surface area contributed by atoms with Crippen molar-refractivity contribution in [3.05, 3.63) is 23.8 Å². The minimum absolute atomic E-state index is 0.0932. The summed E-state index contributed by atoms with van der Waals surface area (Å²) in [4.78, 5) is 0. The van der Waals surface area contributed by atoms with Crippen molar-refractivity contribution in [2.75, 3.05) is 13.7 Å². The molecule has 1 rings (SSSR count). The monoisotopic (exact) mass is 226 g/mol. The fourth-order valence-electron chi connectivity index (χ4n) is 1.55. The second kappa shape index (κ2) is 6.35. The number of methoxy groups -OCH3 is 1. The highest BCUT2D eigenvalue weighted by molar-refractivity contribution is 5.41. The number of phenols is 1. The molecule has 0 aliphatic carbocycles. The first-order chi connectivity index (χ1) is 7.67. The van der Waals surface area contributed by atoms with Crippen molar-refractivity contribution in [2.24, 2.45) is 0 Å². The zero-order chi connectivity index (χ0) is 12.0. The molecule has 1 atom stereocenters. The number of ether oxygens (including phenoxy) is 1. The molecule has 90 valence electrons. The Balaban J connectivity index is 2.59. The Morgan fingerprint density at radius 2 is 2.12 bits per heavy atom. The molecular formula is C12H18O4. The van der Waals surface area contributed by atoms with Crippen LogP contribution in [0.2, 0.25) is 0 Å². The maximum Gasteiger partial charge on any atom is 0.160 e. The van der Waals surface area contributed by atoms with E-state index in [1.54, 1.807) is 18.2 Å². The van der Waals surface area contributed by atoms with Crippen molar-refractivity contribution in [2.45, 2.75) is 25.4 Å². The molecule has 0 saturated heterocycles. The molecule has 0 saturated carbocycles. The van der Waals surface area contributed by atoms with Crippen molar-refractivity contribution in [3.8, 4) is 11.5 Å². The van der Waals surface area contributed by atoms with Crippen LogP contribution in [0.4, 0.5) is 0 Å². The first kappa shape index (κ1) is 12.8. The predicted octanol–water partition coefficient (Wildman–Crippen LogP) is 1.08. The van der Waals surface area contributed by atoms with Gasteiger partial charge in [-0.3, -0.25) is 0 Å². The van der Waals surface area contributed by atoms with Crippen LogP contribution in [0.3, 0.4) is 0 Å². The van der Waals surface area contributed by atoms with Crippen LogP contribution in [-0.2, 0) is 6.42 Å². The predicted molar refractivity (Wildman–Crippen MR) is 60.7 cm³/mol. The van der Waals surface area contributed by atoms with E-state index >= 15 is 0 Å². The standard InChI is InChI=1S/C12H18O4/c1-16-12-8-9(4-5-11(12)15)7-10(14)3-2-6-13/h4-5,8,10,13-15H,2-3,6-7H2,1H3. The average molecular weight is 226 g/mol. The third kappa shape index (κ3) is 3.72. The highest BCUT2D eigenvalue weighted by Crippen LogP contribution is 2.26. The number of aliphatic hydroxyl groups is 2. The molecule has 0 fully saturated rings. The molecular weight excluding hydrogens is 208 g/mol. The van der Waals surface area contributed by atoms with Gasteiger partial charge in [0.2, 0.25) is 0 Å². The Labute approximate surface area is 95.1 Å². The van der Waals surface area contributed by atoms with Gasteiger partial charge in [0.1, 0.15) is 0 Å². The molecule has 16 heavy (non-hydrogen) atoms. The van der Waals surface area contributed by atoms with Gasteiger partial charge in [0, 0.05) is 6.61 Å². The first-order valence-electron chi connectivity index (χ1n) is 5.32. The van der Waals surface area contributed by atoms with Gasteiger partial charge in [-0.25, -0.2) is 0 Å². The van der Waals surface area contributed by atoms with E-state index < -0.39 is 6.10 Å². The second-order valence-electron chi connectivity index (χ2n) is 3.73. The highest BCUT2D eigenvalue weighted by Gasteiger charge is 2.08. The maximum absolute atomic E-state index is 9.65. The van der Waals surface area contributed by atoms with Crippen LogP contribution in [0.25, 0.3) is 0 Å². The molecule has 0 amide bonds. The lowest BCUT2D eigenvalue weighted by molar-refractivity contribution is 0.150. The zero-order valence-corrected chi connectivity index (χ0v) is 9.39. The maximum atomic E-state index is 9.65. The number of aliphatic hydroxyl groups excluding tert-OH is 2. The fraction of sp³-hybridized carbons (Fsp3) is 0.500. The summed E-state index contributed by atoms with van der Waals surface area (Å²) in [6.45, 7) is 0.0932. The van der Waals surface area contributed by atoms with Crippen LogP contribution >= 0.6 is 0 Å². The summed E-state index contributed by atoms with van der Waals surface area (Å²) in [6.07, 6.45) is 1.19. The summed E-state index contributed by atoms with van der Waals surface area (Å²) in [5, 5.41) is 27.7. The third-order valence-corrected chi connectivity index (χ3v) is 2.41. The SMILES string of the molecule is COc1cc(CC(O)CCCO)ccc1O. The van der Waals surface area contributed by atoms with E-state index in [-0.39, 0.29) is 12.4 Å². The minimum atomic E-state index is -0.471. The molecule has 4 heteroatoms. The van der Waals surface area contributed by atoms with E-state index in [1.165, 1.54) is 7.11 Å². The Morgan fingerprint density at radius 3 is 2.75 bits per heavy atom. The van der Waals surface area contributed by atoms with Crippen molar-refractivity contribution < 1.29 is 20.1 Å². The molecule has 3 N–H and O–H groups in total. The van der Waals surface area contributed by atoms with E-state index in [2.05, 4.69) is 0 Å². The van der Waals surface area contributed by atoms with Gasteiger partial charge >= 0.3 is 0 Å². The molecule has 0 heterocycles. The molecule has 1 unspecified atom stereocenters. The highest BCUT2D eigenvalue weighted by atomic mass is 16.5. The Hall–Kier alpha value is -1.26. The van der Waals surface area contributed by atoms with Gasteiger partial charge in [0.25, 0.3) is 0 Å². The smallest absolute Gasteiger partial charge is 0.160 e. The molecule has 0 aliphatic rings. The molecule has 0 spiro atoms. The summed E-state index contributed by atoms with van der Waals surface area (Å²) in [7, 11) is 1.49. The average Bonchev–Trinajstić information content (AvgIpc) is 2.29. The minimum Gasteiger partial charge on any atom is -0.504 e. The third-order valence-electron chi connectivity index (χ3n) is 2.41. The topological polar surface area (TPSA) is 69.9 Å². The van der Waals surface area contributed by atoms with Gasteiger partial charge < -0.3 is 20.1 Å². The van der Waals surface area contributed by atoms with Gasteiger partial charge in [-0.1, -0.05) is 6.07 Å². The van der Waals surface area contributed by atoms with E-state index in [1.807, 2.05) is 0 Å². The molecule has 0 bridgehead atoms. The number of hydrogen-bond acceptors (Lipinski definition) is 4. The number of hydrogen-bond donors (Lipinski definition) is 3. The number of benzene rings is 1. The quantitative estimate of drug-likeness (QED) is 0.678. The van der Waals surface area contributed by atoms with Gasteiger partial charge in [-0.2, -0.15) is 0 Å².